The zero-order chi connectivity index (χ0) is 21.4. The molecule has 0 radical (unpaired) electrons. The average Bonchev–Trinajstić information content (AvgIpc) is 2.89. The lowest BCUT2D eigenvalue weighted by Gasteiger charge is -2.36. The number of nitrogens with zero attached hydrogens (tertiary/aromatic N) is 2. The highest BCUT2D eigenvalue weighted by molar-refractivity contribution is 6.15. The molecule has 1 N–H and O–H groups in total. The molecule has 0 unspecified atom stereocenters. The Morgan fingerprint density at radius 2 is 1.86 bits per heavy atom. The maximum atomic E-state index is 12.6. The highest BCUT2D eigenvalue weighted by Crippen LogP contribution is 2.32. The maximum absolute atomic E-state index is 12.6. The molecule has 7 nitrogen and oxygen atoms in total. The summed E-state index contributed by atoms with van der Waals surface area (Å²) in [7, 11) is 0. The van der Waals surface area contributed by atoms with Crippen LogP contribution in [0.4, 0.5) is 18.0 Å². The smallest absolute Gasteiger partial charge is 0.444 e. The van der Waals surface area contributed by atoms with Crippen molar-refractivity contribution in [2.24, 2.45) is 4.99 Å². The SMILES string of the molecule is CC(C)(C)OC(=O)N1CCC2(CC1)N=C(c1cccc(OC(F)(F)F)c1)NC2=O. The number of amidine groups is 1. The quantitative estimate of drug-likeness (QED) is 0.807. The van der Waals surface area contributed by atoms with Gasteiger partial charge in [-0.1, -0.05) is 12.1 Å². The first-order chi connectivity index (χ1) is 13.4. The van der Waals surface area contributed by atoms with E-state index in [1.807, 2.05) is 0 Å². The number of rotatable bonds is 2. The summed E-state index contributed by atoms with van der Waals surface area (Å²) in [5.41, 5.74) is -1.35. The van der Waals surface area contributed by atoms with E-state index >= 15 is 0 Å². The van der Waals surface area contributed by atoms with E-state index in [-0.39, 0.29) is 24.8 Å². The minimum atomic E-state index is -4.81. The lowest BCUT2D eigenvalue weighted by atomic mass is 9.88. The van der Waals surface area contributed by atoms with E-state index in [0.29, 0.717) is 18.4 Å². The molecule has 158 valence electrons. The lowest BCUT2D eigenvalue weighted by Crippen LogP contribution is -2.51. The highest BCUT2D eigenvalue weighted by atomic mass is 19.4. The molecule has 0 saturated carbocycles. The van der Waals surface area contributed by atoms with Gasteiger partial charge >= 0.3 is 12.5 Å². The van der Waals surface area contributed by atoms with Crippen LogP contribution in [0.15, 0.2) is 29.3 Å². The third kappa shape index (κ3) is 4.99. The van der Waals surface area contributed by atoms with Gasteiger partial charge in [0.05, 0.1) is 0 Å². The van der Waals surface area contributed by atoms with Gasteiger partial charge in [0.1, 0.15) is 22.7 Å². The largest absolute Gasteiger partial charge is 0.573 e. The van der Waals surface area contributed by atoms with Crippen molar-refractivity contribution in [3.63, 3.8) is 0 Å². The number of hydrogen-bond donors (Lipinski definition) is 1. The third-order valence-electron chi connectivity index (χ3n) is 4.56. The van der Waals surface area contributed by atoms with Gasteiger partial charge in [-0.05, 0) is 45.7 Å². The van der Waals surface area contributed by atoms with Gasteiger partial charge < -0.3 is 19.7 Å². The molecule has 2 heterocycles. The second kappa shape index (κ2) is 7.23. The van der Waals surface area contributed by atoms with Crippen molar-refractivity contribution in [3.05, 3.63) is 29.8 Å². The van der Waals surface area contributed by atoms with Gasteiger partial charge in [-0.15, -0.1) is 13.2 Å². The third-order valence-corrected chi connectivity index (χ3v) is 4.56. The van der Waals surface area contributed by atoms with Crippen molar-refractivity contribution >= 4 is 17.8 Å². The average molecular weight is 413 g/mol. The van der Waals surface area contributed by atoms with Gasteiger partial charge in [0.25, 0.3) is 5.91 Å². The van der Waals surface area contributed by atoms with Gasteiger partial charge in [0, 0.05) is 18.7 Å². The molecule has 1 aromatic carbocycles. The normalized spacial score (nSPS) is 19.0. The van der Waals surface area contributed by atoms with Crippen LogP contribution in [-0.2, 0) is 9.53 Å². The van der Waals surface area contributed by atoms with Crippen molar-refractivity contribution in [3.8, 4) is 5.75 Å². The van der Waals surface area contributed by atoms with E-state index in [1.165, 1.54) is 29.2 Å². The molecule has 1 saturated heterocycles. The number of piperidine rings is 1. The van der Waals surface area contributed by atoms with E-state index in [9.17, 15) is 22.8 Å². The zero-order valence-corrected chi connectivity index (χ0v) is 16.3. The molecule has 2 aliphatic heterocycles. The van der Waals surface area contributed by atoms with Crippen LogP contribution in [0, 0.1) is 0 Å². The minimum absolute atomic E-state index is 0.188. The summed E-state index contributed by atoms with van der Waals surface area (Å²) in [4.78, 5) is 30.8. The van der Waals surface area contributed by atoms with Crippen molar-refractivity contribution in [2.75, 3.05) is 13.1 Å². The number of hydrogen-bond acceptors (Lipinski definition) is 5. The number of carbonyl (C=O) groups excluding carboxylic acids is 2. The summed E-state index contributed by atoms with van der Waals surface area (Å²) in [5.74, 6) is -0.542. The number of carbonyl (C=O) groups is 2. The molecule has 0 aromatic heterocycles. The minimum Gasteiger partial charge on any atom is -0.444 e. The molecule has 1 fully saturated rings. The number of amides is 2. The van der Waals surface area contributed by atoms with E-state index in [1.54, 1.807) is 20.8 Å². The van der Waals surface area contributed by atoms with Gasteiger partial charge in [-0.2, -0.15) is 0 Å². The van der Waals surface area contributed by atoms with Crippen LogP contribution in [0.25, 0.3) is 0 Å². The first-order valence-electron chi connectivity index (χ1n) is 9.12. The fourth-order valence-corrected chi connectivity index (χ4v) is 3.22. The molecule has 1 aromatic rings. The summed E-state index contributed by atoms with van der Waals surface area (Å²) in [6.45, 7) is 5.89. The van der Waals surface area contributed by atoms with Gasteiger partial charge in [0.2, 0.25) is 0 Å². The fraction of sp³-hybridized carbons (Fsp3) is 0.526. The number of ether oxygens (including phenoxy) is 2. The molecule has 3 rings (SSSR count). The molecule has 2 aliphatic rings. The second-order valence-corrected chi connectivity index (χ2v) is 7.99. The van der Waals surface area contributed by atoms with Crippen LogP contribution in [0.5, 0.6) is 5.75 Å². The predicted molar refractivity (Wildman–Crippen MR) is 97.6 cm³/mol. The lowest BCUT2D eigenvalue weighted by molar-refractivity contribution is -0.274. The Kier molecular flexibility index (Phi) is 5.22. The Bertz CT molecular complexity index is 838. The molecule has 10 heteroatoms. The number of halogens is 3. The first kappa shape index (κ1) is 20.9. The Labute approximate surface area is 165 Å². The molecule has 1 spiro atoms. The maximum Gasteiger partial charge on any atom is 0.573 e. The van der Waals surface area contributed by atoms with Crippen LogP contribution in [0.2, 0.25) is 0 Å². The Hall–Kier alpha value is -2.78. The Balaban J connectivity index is 1.73. The zero-order valence-electron chi connectivity index (χ0n) is 16.3. The Morgan fingerprint density at radius 1 is 1.21 bits per heavy atom. The molecule has 29 heavy (non-hydrogen) atoms. The second-order valence-electron chi connectivity index (χ2n) is 7.99. The molecule has 0 aliphatic carbocycles. The summed E-state index contributed by atoms with van der Waals surface area (Å²) >= 11 is 0. The van der Waals surface area contributed by atoms with Crippen LogP contribution in [-0.4, -0.2) is 53.3 Å². The van der Waals surface area contributed by atoms with E-state index in [2.05, 4.69) is 15.0 Å². The number of alkyl halides is 3. The van der Waals surface area contributed by atoms with Gasteiger partial charge in [0.15, 0.2) is 0 Å². The van der Waals surface area contributed by atoms with Crippen LogP contribution >= 0.6 is 0 Å². The standard InChI is InChI=1S/C19H22F3N3O4/c1-17(2,3)29-16(27)25-9-7-18(8-10-25)15(26)23-14(24-18)12-5-4-6-13(11-12)28-19(20,21)22/h4-6,11H,7-10H2,1-3H3,(H,23,24,26). The summed E-state index contributed by atoms with van der Waals surface area (Å²) < 4.78 is 46.6. The molecular weight excluding hydrogens is 391 g/mol. The van der Waals surface area contributed by atoms with Crippen LogP contribution in [0.1, 0.15) is 39.2 Å². The number of nitrogens with one attached hydrogen (secondary N) is 1. The predicted octanol–water partition coefficient (Wildman–Crippen LogP) is 3.23. The topological polar surface area (TPSA) is 80.2 Å². The monoisotopic (exact) mass is 413 g/mol. The number of benzene rings is 1. The number of likely N-dealkylation sites (tertiary alicyclic amines) is 1. The van der Waals surface area contributed by atoms with Crippen LogP contribution < -0.4 is 10.1 Å². The van der Waals surface area contributed by atoms with E-state index in [4.69, 9.17) is 4.74 Å². The Morgan fingerprint density at radius 3 is 2.45 bits per heavy atom. The van der Waals surface area contributed by atoms with Crippen molar-refractivity contribution in [1.29, 1.82) is 0 Å². The van der Waals surface area contributed by atoms with Gasteiger partial charge in [-0.3, -0.25) is 9.79 Å². The molecule has 2 amide bonds. The van der Waals surface area contributed by atoms with Gasteiger partial charge in [-0.25, -0.2) is 4.79 Å². The summed E-state index contributed by atoms with van der Waals surface area (Å²) in [6, 6.07) is 5.27. The molecular formula is C19H22F3N3O4. The van der Waals surface area contributed by atoms with Crippen LogP contribution in [0.3, 0.4) is 0 Å². The molecule has 0 atom stereocenters. The first-order valence-corrected chi connectivity index (χ1v) is 9.12. The van der Waals surface area contributed by atoms with Crippen molar-refractivity contribution in [2.45, 2.75) is 51.1 Å². The summed E-state index contributed by atoms with van der Waals surface area (Å²) in [6.07, 6.45) is -4.68. The van der Waals surface area contributed by atoms with Crippen molar-refractivity contribution < 1.29 is 32.2 Å². The van der Waals surface area contributed by atoms with E-state index in [0.717, 1.165) is 0 Å². The highest BCUT2D eigenvalue weighted by Gasteiger charge is 2.47. The van der Waals surface area contributed by atoms with Crippen molar-refractivity contribution in [1.82, 2.24) is 10.2 Å². The molecule has 0 bridgehead atoms. The van der Waals surface area contributed by atoms with E-state index < -0.39 is 29.3 Å². The fourth-order valence-electron chi connectivity index (χ4n) is 3.22. The number of aliphatic imine (C=N–C) groups is 1. The summed E-state index contributed by atoms with van der Waals surface area (Å²) in [5, 5.41) is 2.64.